The second kappa shape index (κ2) is 7.76. The van der Waals surface area contributed by atoms with E-state index in [1.807, 2.05) is 29.6 Å². The molecule has 0 fully saturated rings. The number of pyridine rings is 1. The van der Waals surface area contributed by atoms with Crippen LogP contribution in [0.25, 0.3) is 38.6 Å². The fraction of sp³-hybridized carbons (Fsp3) is 0. The fourth-order valence-electron chi connectivity index (χ4n) is 3.28. The van der Waals surface area contributed by atoms with E-state index in [2.05, 4.69) is 15.1 Å². The maximum Gasteiger partial charge on any atom is 0.274 e. The highest BCUT2D eigenvalue weighted by molar-refractivity contribution is 7.13. The maximum atomic E-state index is 14.0. The van der Waals surface area contributed by atoms with Gasteiger partial charge in [-0.15, -0.1) is 11.3 Å². The van der Waals surface area contributed by atoms with Crippen LogP contribution in [0.2, 0.25) is 15.3 Å². The Kier molecular flexibility index (Phi) is 5.06. The van der Waals surface area contributed by atoms with Crippen molar-refractivity contribution in [3.8, 4) is 33.0 Å². The van der Waals surface area contributed by atoms with Gasteiger partial charge in [-0.05, 0) is 29.6 Å². The number of H-pyrrole nitrogens is 1. The molecule has 5 nitrogen and oxygen atoms in total. The Morgan fingerprint density at radius 2 is 1.81 bits per heavy atom. The molecule has 1 aromatic carbocycles. The zero-order chi connectivity index (χ0) is 21.7. The van der Waals surface area contributed by atoms with Crippen LogP contribution in [0.3, 0.4) is 0 Å². The summed E-state index contributed by atoms with van der Waals surface area (Å²) in [6.07, 6.45) is 0. The van der Waals surface area contributed by atoms with Crippen LogP contribution in [0.5, 0.6) is 0 Å². The van der Waals surface area contributed by atoms with Crippen LogP contribution in [-0.2, 0) is 0 Å². The van der Waals surface area contributed by atoms with E-state index in [1.165, 1.54) is 21.9 Å². The van der Waals surface area contributed by atoms with Gasteiger partial charge in [-0.1, -0.05) is 53.0 Å². The van der Waals surface area contributed by atoms with Crippen LogP contribution in [0.15, 0.2) is 58.7 Å². The van der Waals surface area contributed by atoms with Crippen molar-refractivity contribution in [2.24, 2.45) is 0 Å². The first-order valence-corrected chi connectivity index (χ1v) is 10.9. The van der Waals surface area contributed by atoms with Crippen LogP contribution < -0.4 is 5.56 Å². The number of benzene rings is 1. The van der Waals surface area contributed by atoms with E-state index in [1.54, 1.807) is 12.1 Å². The number of nitrogens with zero attached hydrogens (tertiary/aromatic N) is 3. The van der Waals surface area contributed by atoms with Crippen molar-refractivity contribution in [1.29, 1.82) is 0 Å². The molecular formula is C21H10Cl3FN4OS. The molecule has 5 aromatic rings. The lowest BCUT2D eigenvalue weighted by Crippen LogP contribution is -2.14. The van der Waals surface area contributed by atoms with Gasteiger partial charge in [0.05, 0.1) is 11.3 Å². The van der Waals surface area contributed by atoms with E-state index in [4.69, 9.17) is 34.8 Å². The predicted octanol–water partition coefficient (Wildman–Crippen LogP) is 6.58. The Hall–Kier alpha value is -2.71. The van der Waals surface area contributed by atoms with Crippen molar-refractivity contribution in [2.75, 3.05) is 0 Å². The highest BCUT2D eigenvalue weighted by atomic mass is 35.5. The standard InChI is InChI=1S/C21H10Cl3FN4OS/c22-11-5-3-10(4-6-11)18-17(15-2-1-7-31-15)21-26-14(9-16(30)29(21)28-18)12-8-13(25)20(24)27-19(12)23/h1-9,26H. The summed E-state index contributed by atoms with van der Waals surface area (Å²) < 4.78 is 15.3. The third-order valence-corrected chi connectivity index (χ3v) is 6.37. The number of hydrogen-bond acceptors (Lipinski definition) is 4. The second-order valence-corrected chi connectivity index (χ2v) is 8.69. The monoisotopic (exact) mass is 490 g/mol. The van der Waals surface area contributed by atoms with Gasteiger partial charge in [0.25, 0.3) is 5.56 Å². The molecule has 0 bridgehead atoms. The molecule has 4 heterocycles. The van der Waals surface area contributed by atoms with E-state index < -0.39 is 11.4 Å². The number of halogens is 4. The first-order valence-electron chi connectivity index (χ1n) is 8.90. The van der Waals surface area contributed by atoms with Gasteiger partial charge in [-0.25, -0.2) is 9.37 Å². The van der Waals surface area contributed by atoms with Crippen LogP contribution in [-0.4, -0.2) is 19.6 Å². The zero-order valence-corrected chi connectivity index (χ0v) is 18.5. The first-order chi connectivity index (χ1) is 14.9. The first kappa shape index (κ1) is 20.2. The Morgan fingerprint density at radius 1 is 1.03 bits per heavy atom. The number of aromatic amines is 1. The quantitative estimate of drug-likeness (QED) is 0.290. The molecule has 0 unspecified atom stereocenters. The molecule has 0 aliphatic rings. The van der Waals surface area contributed by atoms with Gasteiger partial charge < -0.3 is 4.98 Å². The smallest absolute Gasteiger partial charge is 0.274 e. The number of nitrogens with one attached hydrogen (secondary N) is 1. The highest BCUT2D eigenvalue weighted by Crippen LogP contribution is 2.38. The van der Waals surface area contributed by atoms with Gasteiger partial charge in [0, 0.05) is 27.1 Å². The number of thiophene rings is 1. The van der Waals surface area contributed by atoms with Crippen LogP contribution in [0.4, 0.5) is 4.39 Å². The highest BCUT2D eigenvalue weighted by Gasteiger charge is 2.21. The Balaban J connectivity index is 1.83. The number of hydrogen-bond donors (Lipinski definition) is 1. The molecular weight excluding hydrogens is 482 g/mol. The third kappa shape index (κ3) is 3.53. The molecule has 0 radical (unpaired) electrons. The van der Waals surface area contributed by atoms with Gasteiger partial charge in [-0.2, -0.15) is 9.61 Å². The molecule has 0 aliphatic carbocycles. The van der Waals surface area contributed by atoms with Crippen molar-refractivity contribution in [1.82, 2.24) is 19.6 Å². The molecule has 0 saturated heterocycles. The summed E-state index contributed by atoms with van der Waals surface area (Å²) in [6, 6.07) is 13.5. The van der Waals surface area contributed by atoms with Crippen LogP contribution >= 0.6 is 46.1 Å². The largest absolute Gasteiger partial charge is 0.339 e. The third-order valence-electron chi connectivity index (χ3n) is 4.68. The zero-order valence-electron chi connectivity index (χ0n) is 15.4. The summed E-state index contributed by atoms with van der Waals surface area (Å²) in [5.41, 5.74) is 2.68. The molecule has 31 heavy (non-hydrogen) atoms. The van der Waals surface area contributed by atoms with Crippen molar-refractivity contribution in [3.05, 3.63) is 85.4 Å². The molecule has 0 atom stereocenters. The number of fused-ring (bicyclic) bond motifs is 1. The summed E-state index contributed by atoms with van der Waals surface area (Å²) in [5, 5.41) is 6.71. The minimum absolute atomic E-state index is 0.0264. The van der Waals surface area contributed by atoms with Crippen LogP contribution in [0, 0.1) is 5.82 Å². The van der Waals surface area contributed by atoms with E-state index in [0.29, 0.717) is 22.1 Å². The molecule has 0 aliphatic heterocycles. The number of aromatic nitrogens is 4. The van der Waals surface area contributed by atoms with Gasteiger partial charge in [0.15, 0.2) is 11.0 Å². The molecule has 0 amide bonds. The Morgan fingerprint density at radius 3 is 2.52 bits per heavy atom. The van der Waals surface area contributed by atoms with E-state index in [0.717, 1.165) is 22.1 Å². The van der Waals surface area contributed by atoms with E-state index >= 15 is 0 Å². The summed E-state index contributed by atoms with van der Waals surface area (Å²) in [6.45, 7) is 0. The van der Waals surface area contributed by atoms with Crippen molar-refractivity contribution in [2.45, 2.75) is 0 Å². The fourth-order valence-corrected chi connectivity index (χ4v) is 4.61. The minimum atomic E-state index is -0.740. The lowest BCUT2D eigenvalue weighted by atomic mass is 10.1. The van der Waals surface area contributed by atoms with Crippen molar-refractivity contribution in [3.63, 3.8) is 0 Å². The molecule has 4 aromatic heterocycles. The van der Waals surface area contributed by atoms with Gasteiger partial charge >= 0.3 is 0 Å². The SMILES string of the molecule is O=c1cc(-c2cc(F)c(Cl)nc2Cl)[nH]c2c(-c3cccs3)c(-c3ccc(Cl)cc3)nn12. The molecule has 1 N–H and O–H groups in total. The van der Waals surface area contributed by atoms with Gasteiger partial charge in [0.1, 0.15) is 16.5 Å². The average Bonchev–Trinajstić information content (AvgIpc) is 3.39. The maximum absolute atomic E-state index is 14.0. The molecule has 10 heteroatoms. The van der Waals surface area contributed by atoms with Crippen molar-refractivity contribution >= 4 is 51.8 Å². The molecule has 0 saturated carbocycles. The lowest BCUT2D eigenvalue weighted by Gasteiger charge is -2.07. The van der Waals surface area contributed by atoms with E-state index in [9.17, 15) is 9.18 Å². The summed E-state index contributed by atoms with van der Waals surface area (Å²) in [4.78, 5) is 20.8. The van der Waals surface area contributed by atoms with Crippen LogP contribution in [0.1, 0.15) is 0 Å². The summed E-state index contributed by atoms with van der Waals surface area (Å²) in [7, 11) is 0. The topological polar surface area (TPSA) is 63.0 Å². The predicted molar refractivity (Wildman–Crippen MR) is 123 cm³/mol. The lowest BCUT2D eigenvalue weighted by molar-refractivity contribution is 0.622. The normalized spacial score (nSPS) is 11.4. The van der Waals surface area contributed by atoms with Crippen molar-refractivity contribution < 1.29 is 4.39 Å². The van der Waals surface area contributed by atoms with Gasteiger partial charge in [0.2, 0.25) is 0 Å². The Labute approximate surface area is 193 Å². The minimum Gasteiger partial charge on any atom is -0.339 e. The summed E-state index contributed by atoms with van der Waals surface area (Å²) in [5.74, 6) is -0.740. The molecule has 154 valence electrons. The molecule has 5 rings (SSSR count). The van der Waals surface area contributed by atoms with Gasteiger partial charge in [-0.3, -0.25) is 4.79 Å². The average molecular weight is 492 g/mol. The second-order valence-electron chi connectivity index (χ2n) is 6.59. The number of rotatable bonds is 3. The van der Waals surface area contributed by atoms with E-state index in [-0.39, 0.29) is 15.9 Å². The summed E-state index contributed by atoms with van der Waals surface area (Å²) >= 11 is 19.4. The Bertz CT molecular complexity index is 1490. The molecule has 0 spiro atoms.